The Morgan fingerprint density at radius 2 is 2.35 bits per heavy atom. The first-order chi connectivity index (χ1) is 11.3. The standard InChI is InChI=1S/C17H18N2O4/c20-17(13-3-5-21-9-13)19-7-16(14-10-22-11-15(14)19)23-8-12-2-1-4-18-6-12/h1-6,9,14-16H,7-8,10-11H2/t14-,15+,16-/m1/s1. The Kier molecular flexibility index (Phi) is 3.85. The third-order valence-electron chi connectivity index (χ3n) is 4.56. The number of amides is 1. The molecule has 6 nitrogen and oxygen atoms in total. The molecule has 2 aromatic rings. The number of hydrogen-bond acceptors (Lipinski definition) is 5. The lowest BCUT2D eigenvalue weighted by Gasteiger charge is -2.21. The third-order valence-corrected chi connectivity index (χ3v) is 4.56. The first kappa shape index (κ1) is 14.4. The molecule has 2 aliphatic heterocycles. The van der Waals surface area contributed by atoms with Crippen LogP contribution in [0.5, 0.6) is 0 Å². The predicted molar refractivity (Wildman–Crippen MR) is 80.7 cm³/mol. The van der Waals surface area contributed by atoms with E-state index in [1.54, 1.807) is 18.5 Å². The van der Waals surface area contributed by atoms with Gasteiger partial charge < -0.3 is 18.8 Å². The van der Waals surface area contributed by atoms with Gasteiger partial charge in [-0.3, -0.25) is 9.78 Å². The summed E-state index contributed by atoms with van der Waals surface area (Å²) in [5, 5.41) is 0. The Hall–Kier alpha value is -2.18. The van der Waals surface area contributed by atoms with Crippen LogP contribution in [0.15, 0.2) is 47.5 Å². The minimum Gasteiger partial charge on any atom is -0.472 e. The zero-order valence-corrected chi connectivity index (χ0v) is 12.6. The molecule has 0 saturated carbocycles. The van der Waals surface area contributed by atoms with E-state index in [2.05, 4.69) is 4.98 Å². The number of ether oxygens (including phenoxy) is 2. The molecule has 23 heavy (non-hydrogen) atoms. The molecule has 2 aliphatic rings. The Balaban J connectivity index is 1.46. The fourth-order valence-electron chi connectivity index (χ4n) is 3.35. The maximum Gasteiger partial charge on any atom is 0.257 e. The molecule has 0 unspecified atom stereocenters. The minimum absolute atomic E-state index is 0.0152. The zero-order chi connectivity index (χ0) is 15.6. The molecule has 4 rings (SSSR count). The molecular weight excluding hydrogens is 296 g/mol. The summed E-state index contributed by atoms with van der Waals surface area (Å²) in [6, 6.07) is 5.65. The summed E-state index contributed by atoms with van der Waals surface area (Å²) in [6.45, 7) is 2.29. The SMILES string of the molecule is O=C(c1ccoc1)N1C[C@@H](OCc2cccnc2)[C@@H]2COC[C@@H]21. The van der Waals surface area contributed by atoms with Crippen molar-refractivity contribution in [1.82, 2.24) is 9.88 Å². The zero-order valence-electron chi connectivity index (χ0n) is 12.6. The van der Waals surface area contributed by atoms with Gasteiger partial charge in [-0.1, -0.05) is 6.07 Å². The summed E-state index contributed by atoms with van der Waals surface area (Å²) in [6.07, 6.45) is 6.52. The Labute approximate surface area is 134 Å². The molecule has 4 heterocycles. The monoisotopic (exact) mass is 314 g/mol. The van der Waals surface area contributed by atoms with Crippen LogP contribution in [0.4, 0.5) is 0 Å². The maximum atomic E-state index is 12.6. The average molecular weight is 314 g/mol. The summed E-state index contributed by atoms with van der Waals surface area (Å²) < 4.78 is 16.7. The van der Waals surface area contributed by atoms with Crippen molar-refractivity contribution in [2.24, 2.45) is 5.92 Å². The molecule has 0 aliphatic carbocycles. The Morgan fingerprint density at radius 3 is 3.13 bits per heavy atom. The smallest absolute Gasteiger partial charge is 0.257 e. The van der Waals surface area contributed by atoms with E-state index in [1.807, 2.05) is 17.0 Å². The molecule has 0 radical (unpaired) electrons. The molecule has 2 aromatic heterocycles. The maximum absolute atomic E-state index is 12.6. The lowest BCUT2D eigenvalue weighted by Crippen LogP contribution is -2.38. The van der Waals surface area contributed by atoms with Gasteiger partial charge in [-0.2, -0.15) is 0 Å². The fourth-order valence-corrected chi connectivity index (χ4v) is 3.35. The average Bonchev–Trinajstić information content (AvgIpc) is 3.31. The predicted octanol–water partition coefficient (Wildman–Crippen LogP) is 1.73. The van der Waals surface area contributed by atoms with Gasteiger partial charge in [0.1, 0.15) is 6.26 Å². The molecule has 3 atom stereocenters. The highest BCUT2D eigenvalue weighted by molar-refractivity contribution is 5.94. The summed E-state index contributed by atoms with van der Waals surface area (Å²) in [4.78, 5) is 18.6. The van der Waals surface area contributed by atoms with E-state index in [4.69, 9.17) is 13.9 Å². The van der Waals surface area contributed by atoms with Crippen molar-refractivity contribution in [1.29, 1.82) is 0 Å². The molecule has 0 aromatic carbocycles. The van der Waals surface area contributed by atoms with Crippen LogP contribution in [0.3, 0.4) is 0 Å². The topological polar surface area (TPSA) is 64.8 Å². The van der Waals surface area contributed by atoms with Crippen LogP contribution in [0.25, 0.3) is 0 Å². The number of aromatic nitrogens is 1. The number of carbonyl (C=O) groups is 1. The van der Waals surface area contributed by atoms with Gasteiger partial charge in [0.2, 0.25) is 0 Å². The van der Waals surface area contributed by atoms with Gasteiger partial charge in [0.15, 0.2) is 0 Å². The van der Waals surface area contributed by atoms with Gasteiger partial charge in [-0.05, 0) is 17.7 Å². The second-order valence-corrected chi connectivity index (χ2v) is 5.95. The highest BCUT2D eigenvalue weighted by Gasteiger charge is 2.48. The van der Waals surface area contributed by atoms with Crippen LogP contribution in [0.1, 0.15) is 15.9 Å². The molecule has 0 bridgehead atoms. The number of furan rings is 1. The first-order valence-electron chi connectivity index (χ1n) is 7.74. The van der Waals surface area contributed by atoms with E-state index < -0.39 is 0 Å². The summed E-state index contributed by atoms with van der Waals surface area (Å²) in [7, 11) is 0. The van der Waals surface area contributed by atoms with Crippen molar-refractivity contribution in [2.75, 3.05) is 19.8 Å². The Morgan fingerprint density at radius 1 is 1.39 bits per heavy atom. The highest BCUT2D eigenvalue weighted by Crippen LogP contribution is 2.33. The van der Waals surface area contributed by atoms with Crippen molar-refractivity contribution in [3.8, 4) is 0 Å². The molecule has 2 saturated heterocycles. The molecule has 120 valence electrons. The van der Waals surface area contributed by atoms with E-state index in [0.29, 0.717) is 31.9 Å². The molecule has 0 spiro atoms. The number of carbonyl (C=O) groups excluding carboxylic acids is 1. The number of fused-ring (bicyclic) bond motifs is 1. The Bertz CT molecular complexity index is 658. The molecule has 0 N–H and O–H groups in total. The van der Waals surface area contributed by atoms with Gasteiger partial charge in [-0.25, -0.2) is 0 Å². The van der Waals surface area contributed by atoms with Crippen LogP contribution in [-0.2, 0) is 16.1 Å². The first-order valence-corrected chi connectivity index (χ1v) is 7.74. The van der Waals surface area contributed by atoms with Crippen molar-refractivity contribution in [3.63, 3.8) is 0 Å². The van der Waals surface area contributed by atoms with Crippen LogP contribution in [-0.4, -0.2) is 47.7 Å². The minimum atomic E-state index is -0.0215. The molecule has 1 amide bonds. The lowest BCUT2D eigenvalue weighted by atomic mass is 10.0. The van der Waals surface area contributed by atoms with E-state index in [9.17, 15) is 4.79 Å². The number of rotatable bonds is 4. The van der Waals surface area contributed by atoms with Gasteiger partial charge in [0, 0.05) is 24.9 Å². The largest absolute Gasteiger partial charge is 0.472 e. The second-order valence-electron chi connectivity index (χ2n) is 5.95. The fraction of sp³-hybridized carbons (Fsp3) is 0.412. The summed E-state index contributed by atoms with van der Waals surface area (Å²) >= 11 is 0. The van der Waals surface area contributed by atoms with Gasteiger partial charge in [0.05, 0.1) is 43.8 Å². The third kappa shape index (κ3) is 2.75. The quantitative estimate of drug-likeness (QED) is 0.860. The molecular formula is C17H18N2O4. The number of likely N-dealkylation sites (tertiary alicyclic amines) is 1. The normalized spacial score (nSPS) is 26.4. The van der Waals surface area contributed by atoms with Crippen LogP contribution < -0.4 is 0 Å². The van der Waals surface area contributed by atoms with Crippen LogP contribution >= 0.6 is 0 Å². The molecule has 2 fully saturated rings. The summed E-state index contributed by atoms with van der Waals surface area (Å²) in [5.74, 6) is 0.203. The van der Waals surface area contributed by atoms with Gasteiger partial charge in [0.25, 0.3) is 5.91 Å². The van der Waals surface area contributed by atoms with Gasteiger partial charge >= 0.3 is 0 Å². The van der Waals surface area contributed by atoms with Crippen molar-refractivity contribution in [2.45, 2.75) is 18.8 Å². The van der Waals surface area contributed by atoms with Crippen molar-refractivity contribution >= 4 is 5.91 Å². The van der Waals surface area contributed by atoms with Crippen LogP contribution in [0, 0.1) is 5.92 Å². The lowest BCUT2D eigenvalue weighted by molar-refractivity contribution is 0.00924. The number of hydrogen-bond donors (Lipinski definition) is 0. The van der Waals surface area contributed by atoms with Crippen molar-refractivity contribution < 1.29 is 18.7 Å². The summed E-state index contributed by atoms with van der Waals surface area (Å²) in [5.41, 5.74) is 1.60. The van der Waals surface area contributed by atoms with Gasteiger partial charge in [-0.15, -0.1) is 0 Å². The van der Waals surface area contributed by atoms with Crippen LogP contribution in [0.2, 0.25) is 0 Å². The molecule has 6 heteroatoms. The highest BCUT2D eigenvalue weighted by atomic mass is 16.5. The number of nitrogens with zero attached hydrogens (tertiary/aromatic N) is 2. The van der Waals surface area contributed by atoms with E-state index >= 15 is 0 Å². The van der Waals surface area contributed by atoms with E-state index in [0.717, 1.165) is 5.56 Å². The van der Waals surface area contributed by atoms with E-state index in [1.165, 1.54) is 12.5 Å². The van der Waals surface area contributed by atoms with E-state index in [-0.39, 0.29) is 24.0 Å². The second kappa shape index (κ2) is 6.14. The van der Waals surface area contributed by atoms with Crippen molar-refractivity contribution in [3.05, 3.63) is 54.2 Å². The number of pyridine rings is 1.